The van der Waals surface area contributed by atoms with E-state index in [1.165, 1.54) is 6.33 Å². The average Bonchev–Trinajstić information content (AvgIpc) is 3.49. The Balaban J connectivity index is 1.61. The number of hydrogen-bond donors (Lipinski definition) is 1. The molecule has 158 valence electrons. The van der Waals surface area contributed by atoms with Gasteiger partial charge in [0, 0.05) is 12.7 Å². The van der Waals surface area contributed by atoms with Crippen molar-refractivity contribution in [2.24, 2.45) is 0 Å². The number of benzene rings is 1. The Morgan fingerprint density at radius 1 is 1.12 bits per heavy atom. The number of imidazole rings is 1. The first-order valence-electron chi connectivity index (χ1n) is 10.2. The zero-order valence-corrected chi connectivity index (χ0v) is 17.6. The number of nitrogens with one attached hydrogen (secondary N) is 1. The zero-order chi connectivity index (χ0) is 21.7. The number of aromatic amines is 1. The maximum Gasteiger partial charge on any atom is 0.267 e. The minimum absolute atomic E-state index is 0.180. The fourth-order valence-electron chi connectivity index (χ4n) is 4.42. The van der Waals surface area contributed by atoms with E-state index in [0.29, 0.717) is 38.6 Å². The molecule has 1 atom stereocenters. The number of H-pyrrole nitrogens is 1. The van der Waals surface area contributed by atoms with Gasteiger partial charge in [-0.3, -0.25) is 14.3 Å². The second kappa shape index (κ2) is 7.38. The van der Waals surface area contributed by atoms with Crippen LogP contribution in [0.1, 0.15) is 24.7 Å². The highest BCUT2D eigenvalue weighted by Gasteiger charge is 2.33. The van der Waals surface area contributed by atoms with E-state index in [-0.39, 0.29) is 11.6 Å². The molecule has 1 aliphatic heterocycles. The van der Waals surface area contributed by atoms with Crippen LogP contribution in [0.25, 0.3) is 27.8 Å². The lowest BCUT2D eigenvalue weighted by Crippen LogP contribution is -2.32. The summed E-state index contributed by atoms with van der Waals surface area (Å²) in [5.41, 5.74) is 2.35. The number of fused-ring (bicyclic) bond motifs is 2. The van der Waals surface area contributed by atoms with Gasteiger partial charge in [-0.25, -0.2) is 19.9 Å². The third-order valence-corrected chi connectivity index (χ3v) is 6.11. The van der Waals surface area contributed by atoms with E-state index >= 15 is 0 Å². The number of pyridine rings is 1. The Hall–Kier alpha value is -3.85. The maximum absolute atomic E-state index is 13.7. The summed E-state index contributed by atoms with van der Waals surface area (Å²) in [6.45, 7) is 0.764. The predicted octanol–water partition coefficient (Wildman–Crippen LogP) is 3.44. The van der Waals surface area contributed by atoms with Gasteiger partial charge in [0.2, 0.25) is 0 Å². The summed E-state index contributed by atoms with van der Waals surface area (Å²) >= 11 is 6.40. The van der Waals surface area contributed by atoms with Crippen LogP contribution in [0.15, 0.2) is 60.2 Å². The van der Waals surface area contributed by atoms with Crippen molar-refractivity contribution in [3.05, 3.63) is 76.6 Å². The Kier molecular flexibility index (Phi) is 4.36. The van der Waals surface area contributed by atoms with Gasteiger partial charge in [-0.15, -0.1) is 0 Å². The molecule has 5 aromatic rings. The summed E-state index contributed by atoms with van der Waals surface area (Å²) in [5, 5.41) is 0.768. The van der Waals surface area contributed by atoms with Crippen LogP contribution in [0, 0.1) is 0 Å². The second-order valence-electron chi connectivity index (χ2n) is 7.60. The molecule has 4 aromatic heterocycles. The van der Waals surface area contributed by atoms with Crippen LogP contribution in [-0.4, -0.2) is 41.0 Å². The smallest absolute Gasteiger partial charge is 0.267 e. The molecule has 1 saturated heterocycles. The molecule has 0 bridgehead atoms. The Morgan fingerprint density at radius 2 is 2.06 bits per heavy atom. The second-order valence-corrected chi connectivity index (χ2v) is 8.01. The number of halogens is 1. The molecule has 0 saturated carbocycles. The van der Waals surface area contributed by atoms with Crippen molar-refractivity contribution < 1.29 is 0 Å². The topological polar surface area (TPSA) is 105 Å². The van der Waals surface area contributed by atoms with Crippen molar-refractivity contribution in [3.8, 4) is 5.69 Å². The number of nitrogens with zero attached hydrogens (tertiary/aromatic N) is 7. The molecule has 0 radical (unpaired) electrons. The molecule has 1 unspecified atom stereocenters. The minimum atomic E-state index is -0.219. The number of aromatic nitrogens is 7. The van der Waals surface area contributed by atoms with Gasteiger partial charge >= 0.3 is 0 Å². The lowest BCUT2D eigenvalue weighted by atomic mass is 10.1. The van der Waals surface area contributed by atoms with Crippen LogP contribution >= 0.6 is 11.6 Å². The van der Waals surface area contributed by atoms with Crippen LogP contribution in [-0.2, 0) is 0 Å². The third kappa shape index (κ3) is 2.85. The molecule has 1 N–H and O–H groups in total. The molecule has 9 nitrogen and oxygen atoms in total. The van der Waals surface area contributed by atoms with Gasteiger partial charge in [0.05, 0.1) is 40.2 Å². The van der Waals surface area contributed by atoms with Crippen LogP contribution in [0.5, 0.6) is 0 Å². The van der Waals surface area contributed by atoms with Gasteiger partial charge in [0.15, 0.2) is 11.5 Å². The third-order valence-electron chi connectivity index (χ3n) is 5.80. The predicted molar refractivity (Wildman–Crippen MR) is 121 cm³/mol. The summed E-state index contributed by atoms with van der Waals surface area (Å²) in [4.78, 5) is 41.2. The summed E-state index contributed by atoms with van der Waals surface area (Å²) in [5.74, 6) is 1.34. The first-order valence-corrected chi connectivity index (χ1v) is 10.6. The van der Waals surface area contributed by atoms with E-state index in [2.05, 4.69) is 29.8 Å². The maximum atomic E-state index is 13.7. The molecule has 0 spiro atoms. The van der Waals surface area contributed by atoms with Gasteiger partial charge in [0.25, 0.3) is 5.56 Å². The largest absolute Gasteiger partial charge is 0.344 e. The van der Waals surface area contributed by atoms with E-state index in [1.807, 2.05) is 12.1 Å². The van der Waals surface area contributed by atoms with E-state index in [1.54, 1.807) is 41.5 Å². The quantitative estimate of drug-likeness (QED) is 0.454. The van der Waals surface area contributed by atoms with Crippen molar-refractivity contribution >= 4 is 39.5 Å². The van der Waals surface area contributed by atoms with Gasteiger partial charge < -0.3 is 9.88 Å². The van der Waals surface area contributed by atoms with Crippen LogP contribution < -0.4 is 10.5 Å². The standard InChI is InChI=1S/C22H17ClN8O/c23-14-5-1-6-15-17(14)22(32)31(13-4-2-8-24-10-13)20(29-15)16-7-3-9-30(16)21-18-19(26-11-25-18)27-12-28-21/h1-2,4-6,8,10-12,16H,3,7,9H2,(H,25,26,27,28). The van der Waals surface area contributed by atoms with E-state index < -0.39 is 0 Å². The molecule has 32 heavy (non-hydrogen) atoms. The fraction of sp³-hybridized carbons (Fsp3) is 0.182. The molecule has 10 heteroatoms. The highest BCUT2D eigenvalue weighted by Crippen LogP contribution is 2.37. The molecule has 0 amide bonds. The highest BCUT2D eigenvalue weighted by molar-refractivity contribution is 6.35. The molecule has 6 rings (SSSR count). The van der Waals surface area contributed by atoms with Crippen molar-refractivity contribution in [1.82, 2.24) is 34.5 Å². The molecular weight excluding hydrogens is 428 g/mol. The first kappa shape index (κ1) is 18.9. The molecule has 5 heterocycles. The van der Waals surface area contributed by atoms with Gasteiger partial charge in [-0.1, -0.05) is 17.7 Å². The van der Waals surface area contributed by atoms with E-state index in [4.69, 9.17) is 16.6 Å². The molecular formula is C22H17ClN8O. The van der Waals surface area contributed by atoms with E-state index in [0.717, 1.165) is 25.2 Å². The first-order chi connectivity index (χ1) is 15.7. The highest BCUT2D eigenvalue weighted by atomic mass is 35.5. The average molecular weight is 445 g/mol. The Bertz CT molecular complexity index is 1510. The Morgan fingerprint density at radius 3 is 2.94 bits per heavy atom. The normalized spacial score (nSPS) is 16.3. The van der Waals surface area contributed by atoms with Crippen LogP contribution in [0.2, 0.25) is 5.02 Å². The summed E-state index contributed by atoms with van der Waals surface area (Å²) < 4.78 is 1.62. The van der Waals surface area contributed by atoms with Gasteiger partial charge in [-0.05, 0) is 37.1 Å². The number of rotatable bonds is 3. The lowest BCUT2D eigenvalue weighted by Gasteiger charge is -2.27. The molecule has 0 aliphatic carbocycles. The minimum Gasteiger partial charge on any atom is -0.344 e. The van der Waals surface area contributed by atoms with Crippen LogP contribution in [0.4, 0.5) is 5.82 Å². The molecule has 1 aliphatic rings. The lowest BCUT2D eigenvalue weighted by molar-refractivity contribution is 0.633. The zero-order valence-electron chi connectivity index (χ0n) is 16.8. The SMILES string of the molecule is O=c1c2c(Cl)cccc2nc(C2CCCN2c2ncnc3[nH]cnc23)n1-c1cccnc1. The van der Waals surface area contributed by atoms with Crippen LogP contribution in [0.3, 0.4) is 0 Å². The van der Waals surface area contributed by atoms with Crippen molar-refractivity contribution in [1.29, 1.82) is 0 Å². The Labute approximate surface area is 186 Å². The number of anilines is 1. The monoisotopic (exact) mass is 444 g/mol. The van der Waals surface area contributed by atoms with Gasteiger partial charge in [0.1, 0.15) is 17.7 Å². The molecule has 1 fully saturated rings. The summed E-state index contributed by atoms with van der Waals surface area (Å²) in [7, 11) is 0. The summed E-state index contributed by atoms with van der Waals surface area (Å²) in [6, 6.07) is 8.79. The van der Waals surface area contributed by atoms with Gasteiger partial charge in [-0.2, -0.15) is 0 Å². The van der Waals surface area contributed by atoms with Crippen molar-refractivity contribution in [2.45, 2.75) is 18.9 Å². The van der Waals surface area contributed by atoms with Crippen molar-refractivity contribution in [3.63, 3.8) is 0 Å². The van der Waals surface area contributed by atoms with E-state index in [9.17, 15) is 4.79 Å². The fourth-order valence-corrected chi connectivity index (χ4v) is 4.67. The summed E-state index contributed by atoms with van der Waals surface area (Å²) in [6.07, 6.45) is 8.20. The molecule has 1 aromatic carbocycles. The van der Waals surface area contributed by atoms with Crippen molar-refractivity contribution in [2.75, 3.05) is 11.4 Å². The number of hydrogen-bond acceptors (Lipinski definition) is 7.